The summed E-state index contributed by atoms with van der Waals surface area (Å²) in [6, 6.07) is 14.6. The average Bonchev–Trinajstić information content (AvgIpc) is 2.81. The third-order valence-corrected chi connectivity index (χ3v) is 4.68. The van der Waals surface area contributed by atoms with Gasteiger partial charge in [-0.3, -0.25) is 14.4 Å². The summed E-state index contributed by atoms with van der Waals surface area (Å²) in [6.07, 6.45) is 8.37. The minimum absolute atomic E-state index is 0.152. The number of anilines is 3. The van der Waals surface area contributed by atoms with Crippen molar-refractivity contribution in [3.63, 3.8) is 0 Å². The van der Waals surface area contributed by atoms with Crippen LogP contribution in [0.25, 0.3) is 0 Å². The van der Waals surface area contributed by atoms with E-state index in [9.17, 15) is 14.4 Å². The standard InChI is InChI=1S/C24H18Cl2N4O3/c25-16-4-10-21(30-24(33)22-11-5-17(26)15-28-22)20(14-16)23(32)29-19-8-6-18(7-9-19)27-12-2-1-3-13-31/h1-15,27H,(H,29,32)(H,30,33)/b3-1-,12-2-. The van der Waals surface area contributed by atoms with Crippen LogP contribution >= 0.6 is 23.2 Å². The summed E-state index contributed by atoms with van der Waals surface area (Å²) in [5.41, 5.74) is 1.96. The second-order valence-electron chi connectivity index (χ2n) is 6.56. The van der Waals surface area contributed by atoms with Crippen LogP contribution in [0.4, 0.5) is 17.1 Å². The zero-order valence-electron chi connectivity index (χ0n) is 17.1. The smallest absolute Gasteiger partial charge is 0.274 e. The molecular weight excluding hydrogens is 463 g/mol. The molecule has 166 valence electrons. The fourth-order valence-corrected chi connectivity index (χ4v) is 2.95. The van der Waals surface area contributed by atoms with Gasteiger partial charge in [-0.2, -0.15) is 0 Å². The summed E-state index contributed by atoms with van der Waals surface area (Å²) < 4.78 is 0. The number of carbonyl (C=O) groups excluding carboxylic acids is 3. The number of amides is 2. The van der Waals surface area contributed by atoms with Crippen LogP contribution in [-0.2, 0) is 4.79 Å². The van der Waals surface area contributed by atoms with Crippen molar-refractivity contribution in [3.05, 3.63) is 107 Å². The third-order valence-electron chi connectivity index (χ3n) is 4.22. The highest BCUT2D eigenvalue weighted by molar-refractivity contribution is 6.31. The Labute approximate surface area is 200 Å². The maximum atomic E-state index is 12.9. The van der Waals surface area contributed by atoms with E-state index in [2.05, 4.69) is 20.9 Å². The summed E-state index contributed by atoms with van der Waals surface area (Å²) in [5, 5.41) is 9.24. The molecule has 0 fully saturated rings. The van der Waals surface area contributed by atoms with E-state index < -0.39 is 11.8 Å². The molecule has 3 N–H and O–H groups in total. The number of allylic oxidation sites excluding steroid dienone is 3. The predicted octanol–water partition coefficient (Wildman–Crippen LogP) is 5.57. The zero-order chi connectivity index (χ0) is 23.6. The van der Waals surface area contributed by atoms with Gasteiger partial charge in [0, 0.05) is 28.8 Å². The lowest BCUT2D eigenvalue weighted by atomic mass is 10.1. The molecule has 3 rings (SSSR count). The minimum atomic E-state index is -0.491. The molecule has 33 heavy (non-hydrogen) atoms. The molecule has 0 aliphatic carbocycles. The number of halogens is 2. The van der Waals surface area contributed by atoms with E-state index >= 15 is 0 Å². The van der Waals surface area contributed by atoms with Crippen molar-refractivity contribution in [2.24, 2.45) is 0 Å². The fraction of sp³-hybridized carbons (Fsp3) is 0. The number of nitrogens with zero attached hydrogens (tertiary/aromatic N) is 1. The van der Waals surface area contributed by atoms with Crippen molar-refractivity contribution in [2.75, 3.05) is 16.0 Å². The van der Waals surface area contributed by atoms with Gasteiger partial charge in [-0.25, -0.2) is 4.98 Å². The lowest BCUT2D eigenvalue weighted by Crippen LogP contribution is -2.19. The molecule has 0 saturated carbocycles. The number of pyridine rings is 1. The molecule has 1 aromatic heterocycles. The lowest BCUT2D eigenvalue weighted by Gasteiger charge is -2.12. The van der Waals surface area contributed by atoms with Gasteiger partial charge in [-0.1, -0.05) is 29.3 Å². The molecule has 0 aliphatic heterocycles. The van der Waals surface area contributed by atoms with E-state index in [1.807, 2.05) is 0 Å². The normalized spacial score (nSPS) is 10.8. The van der Waals surface area contributed by atoms with Gasteiger partial charge in [0.05, 0.1) is 16.3 Å². The first-order valence-electron chi connectivity index (χ1n) is 9.63. The van der Waals surface area contributed by atoms with Gasteiger partial charge in [0.2, 0.25) is 0 Å². The highest BCUT2D eigenvalue weighted by atomic mass is 35.5. The summed E-state index contributed by atoms with van der Waals surface area (Å²) in [5.74, 6) is -0.939. The Morgan fingerprint density at radius 1 is 0.788 bits per heavy atom. The number of rotatable bonds is 8. The Balaban J connectivity index is 1.70. The van der Waals surface area contributed by atoms with E-state index in [0.717, 1.165) is 5.69 Å². The molecule has 1 heterocycles. The first-order valence-corrected chi connectivity index (χ1v) is 10.4. The van der Waals surface area contributed by atoms with Crippen LogP contribution in [0, 0.1) is 0 Å². The van der Waals surface area contributed by atoms with Crippen molar-refractivity contribution < 1.29 is 14.4 Å². The van der Waals surface area contributed by atoms with Crippen LogP contribution in [0.5, 0.6) is 0 Å². The molecule has 9 heteroatoms. The lowest BCUT2D eigenvalue weighted by molar-refractivity contribution is -0.104. The van der Waals surface area contributed by atoms with Gasteiger partial charge >= 0.3 is 0 Å². The van der Waals surface area contributed by atoms with Gasteiger partial charge in [-0.15, -0.1) is 0 Å². The van der Waals surface area contributed by atoms with Gasteiger partial charge in [-0.05, 0) is 66.7 Å². The average molecular weight is 481 g/mol. The van der Waals surface area contributed by atoms with Crippen molar-refractivity contribution in [3.8, 4) is 0 Å². The molecular formula is C24H18Cl2N4O3. The molecule has 2 amide bonds. The van der Waals surface area contributed by atoms with Crippen LogP contribution < -0.4 is 16.0 Å². The number of aromatic nitrogens is 1. The van der Waals surface area contributed by atoms with Gasteiger partial charge < -0.3 is 16.0 Å². The van der Waals surface area contributed by atoms with E-state index in [4.69, 9.17) is 23.2 Å². The first-order chi connectivity index (χ1) is 16.0. The van der Waals surface area contributed by atoms with E-state index in [-0.39, 0.29) is 16.9 Å². The highest BCUT2D eigenvalue weighted by Crippen LogP contribution is 2.23. The second-order valence-corrected chi connectivity index (χ2v) is 7.43. The quantitative estimate of drug-likeness (QED) is 0.222. The monoisotopic (exact) mass is 480 g/mol. The summed E-state index contributed by atoms with van der Waals surface area (Å²) in [4.78, 5) is 39.6. The molecule has 2 aromatic carbocycles. The van der Waals surface area contributed by atoms with Crippen LogP contribution in [0.15, 0.2) is 85.2 Å². The Hall–Kier alpha value is -3.94. The Bertz CT molecular complexity index is 1210. The molecule has 7 nitrogen and oxygen atoms in total. The Kier molecular flexibility index (Phi) is 8.35. The number of nitrogens with one attached hydrogen (secondary N) is 3. The second kappa shape index (κ2) is 11.6. The van der Waals surface area contributed by atoms with E-state index in [1.165, 1.54) is 24.4 Å². The number of carbonyl (C=O) groups is 3. The maximum absolute atomic E-state index is 12.9. The van der Waals surface area contributed by atoms with E-state index in [0.29, 0.717) is 22.0 Å². The minimum Gasteiger partial charge on any atom is -0.362 e. The number of benzene rings is 2. The SMILES string of the molecule is O=C/C=C\C=C/Nc1ccc(NC(=O)c2cc(Cl)ccc2NC(=O)c2ccc(Cl)cn2)cc1. The van der Waals surface area contributed by atoms with Crippen LogP contribution in [0.1, 0.15) is 20.8 Å². The number of hydrogen-bond acceptors (Lipinski definition) is 5. The molecule has 0 radical (unpaired) electrons. The molecule has 0 bridgehead atoms. The van der Waals surface area contributed by atoms with Gasteiger partial charge in [0.15, 0.2) is 0 Å². The van der Waals surface area contributed by atoms with Crippen LogP contribution in [0.2, 0.25) is 10.0 Å². The Morgan fingerprint density at radius 3 is 2.21 bits per heavy atom. The van der Waals surface area contributed by atoms with Crippen molar-refractivity contribution in [1.29, 1.82) is 0 Å². The van der Waals surface area contributed by atoms with Crippen LogP contribution in [-0.4, -0.2) is 23.1 Å². The van der Waals surface area contributed by atoms with Crippen molar-refractivity contribution >= 4 is 58.4 Å². The highest BCUT2D eigenvalue weighted by Gasteiger charge is 2.16. The largest absolute Gasteiger partial charge is 0.362 e. The zero-order valence-corrected chi connectivity index (χ0v) is 18.6. The molecule has 0 unspecified atom stereocenters. The molecule has 0 saturated heterocycles. The maximum Gasteiger partial charge on any atom is 0.274 e. The number of hydrogen-bond donors (Lipinski definition) is 3. The molecule has 0 spiro atoms. The predicted molar refractivity (Wildman–Crippen MR) is 131 cm³/mol. The summed E-state index contributed by atoms with van der Waals surface area (Å²) in [6.45, 7) is 0. The number of aldehydes is 1. The third kappa shape index (κ3) is 7.03. The molecule has 0 atom stereocenters. The van der Waals surface area contributed by atoms with Gasteiger partial charge in [0.25, 0.3) is 11.8 Å². The van der Waals surface area contributed by atoms with Crippen molar-refractivity contribution in [1.82, 2.24) is 4.98 Å². The van der Waals surface area contributed by atoms with Gasteiger partial charge in [0.1, 0.15) is 12.0 Å². The Morgan fingerprint density at radius 2 is 1.52 bits per heavy atom. The summed E-state index contributed by atoms with van der Waals surface area (Å²) in [7, 11) is 0. The molecule has 0 aliphatic rings. The fourth-order valence-electron chi connectivity index (χ4n) is 2.67. The van der Waals surface area contributed by atoms with E-state index in [1.54, 1.807) is 60.8 Å². The first kappa shape index (κ1) is 23.7. The van der Waals surface area contributed by atoms with Crippen molar-refractivity contribution in [2.45, 2.75) is 0 Å². The van der Waals surface area contributed by atoms with Crippen LogP contribution in [0.3, 0.4) is 0 Å². The molecule has 3 aromatic rings. The summed E-state index contributed by atoms with van der Waals surface area (Å²) >= 11 is 11.9. The topological polar surface area (TPSA) is 100 Å².